The first-order valence-electron chi connectivity index (χ1n) is 5.51. The fraction of sp³-hybridized carbons (Fsp3) is 0.364. The van der Waals surface area contributed by atoms with Crippen molar-refractivity contribution in [2.45, 2.75) is 19.4 Å². The van der Waals surface area contributed by atoms with Gasteiger partial charge in [-0.05, 0) is 12.5 Å². The minimum absolute atomic E-state index is 0.125. The van der Waals surface area contributed by atoms with Crippen LogP contribution in [0.3, 0.4) is 0 Å². The number of aromatic amines is 1. The Bertz CT molecular complexity index is 511. The van der Waals surface area contributed by atoms with Gasteiger partial charge in [-0.25, -0.2) is 0 Å². The molecule has 1 fully saturated rings. The lowest BCUT2D eigenvalue weighted by molar-refractivity contribution is -0.138. The van der Waals surface area contributed by atoms with E-state index in [0.717, 1.165) is 0 Å². The van der Waals surface area contributed by atoms with Gasteiger partial charge in [0.25, 0.3) is 5.91 Å². The Kier molecular flexibility index (Phi) is 3.38. The lowest BCUT2D eigenvalue weighted by Gasteiger charge is -2.33. The second kappa shape index (κ2) is 4.81. The number of nitrogens with zero attached hydrogens (tertiary/aromatic N) is 1. The molecule has 0 aromatic carbocycles. The van der Waals surface area contributed by atoms with Gasteiger partial charge in [0.1, 0.15) is 18.3 Å². The van der Waals surface area contributed by atoms with Gasteiger partial charge in [-0.3, -0.25) is 19.7 Å². The average Bonchev–Trinajstić information content (AvgIpc) is 2.74. The summed E-state index contributed by atoms with van der Waals surface area (Å²) in [6.07, 6.45) is 1.92. The van der Waals surface area contributed by atoms with Crippen LogP contribution in [0.15, 0.2) is 12.3 Å². The molecule has 1 atom stereocenters. The van der Waals surface area contributed by atoms with Crippen molar-refractivity contribution >= 4 is 29.3 Å². The highest BCUT2D eigenvalue weighted by Crippen LogP contribution is 2.16. The van der Waals surface area contributed by atoms with Crippen LogP contribution in [0.1, 0.15) is 23.8 Å². The summed E-state index contributed by atoms with van der Waals surface area (Å²) < 4.78 is 0. The van der Waals surface area contributed by atoms with Crippen LogP contribution in [0.5, 0.6) is 0 Å². The van der Waals surface area contributed by atoms with Gasteiger partial charge < -0.3 is 9.88 Å². The molecule has 0 aliphatic carbocycles. The molecule has 6 nitrogen and oxygen atoms in total. The lowest BCUT2D eigenvalue weighted by atomic mass is 10.1. The van der Waals surface area contributed by atoms with Crippen molar-refractivity contribution in [1.82, 2.24) is 15.2 Å². The molecule has 2 heterocycles. The second-order valence-electron chi connectivity index (χ2n) is 4.00. The molecule has 1 unspecified atom stereocenters. The summed E-state index contributed by atoms with van der Waals surface area (Å²) in [7, 11) is 0. The molecule has 2 N–H and O–H groups in total. The summed E-state index contributed by atoms with van der Waals surface area (Å²) in [5, 5.41) is 2.62. The molecule has 1 saturated heterocycles. The third-order valence-electron chi connectivity index (χ3n) is 2.78. The van der Waals surface area contributed by atoms with E-state index >= 15 is 0 Å². The summed E-state index contributed by atoms with van der Waals surface area (Å²) in [6.45, 7) is 1.65. The second-order valence-corrected chi connectivity index (χ2v) is 4.44. The Balaban J connectivity index is 2.26. The Labute approximate surface area is 108 Å². The smallest absolute Gasteiger partial charge is 0.271 e. The Morgan fingerprint density at radius 1 is 1.56 bits per heavy atom. The predicted octanol–water partition coefficient (Wildman–Crippen LogP) is 0.545. The number of H-pyrrole nitrogens is 1. The summed E-state index contributed by atoms with van der Waals surface area (Å²) >= 11 is 5.72. The highest BCUT2D eigenvalue weighted by atomic mass is 35.5. The number of hydrogen-bond donors (Lipinski definition) is 2. The molecule has 0 radical (unpaired) electrons. The van der Waals surface area contributed by atoms with E-state index in [1.807, 2.05) is 0 Å². The third-order valence-corrected chi connectivity index (χ3v) is 3.00. The van der Waals surface area contributed by atoms with Crippen molar-refractivity contribution in [1.29, 1.82) is 0 Å². The first kappa shape index (κ1) is 12.6. The molecule has 1 aliphatic rings. The maximum absolute atomic E-state index is 12.2. The van der Waals surface area contributed by atoms with E-state index in [-0.39, 0.29) is 12.2 Å². The lowest BCUT2D eigenvalue weighted by Crippen LogP contribution is -2.59. The van der Waals surface area contributed by atoms with E-state index < -0.39 is 23.8 Å². The molecule has 0 bridgehead atoms. The monoisotopic (exact) mass is 269 g/mol. The molecule has 1 aromatic heterocycles. The number of piperazine rings is 1. The molecule has 0 saturated carbocycles. The van der Waals surface area contributed by atoms with Crippen LogP contribution in [0.4, 0.5) is 0 Å². The molecular formula is C11H12ClN3O3. The third kappa shape index (κ3) is 2.24. The molecule has 2 rings (SSSR count). The van der Waals surface area contributed by atoms with Gasteiger partial charge in [0.15, 0.2) is 0 Å². The summed E-state index contributed by atoms with van der Waals surface area (Å²) in [6, 6.07) is 0.838. The normalized spacial score (nSPS) is 19.9. The fourth-order valence-corrected chi connectivity index (χ4v) is 2.10. The number of imide groups is 1. The number of amides is 3. The minimum Gasteiger partial charge on any atom is -0.356 e. The number of rotatable bonds is 2. The fourth-order valence-electron chi connectivity index (χ4n) is 1.93. The van der Waals surface area contributed by atoms with Crippen molar-refractivity contribution in [3.63, 3.8) is 0 Å². The van der Waals surface area contributed by atoms with Crippen LogP contribution in [-0.2, 0) is 9.59 Å². The molecule has 18 heavy (non-hydrogen) atoms. The molecular weight excluding hydrogens is 258 g/mol. The van der Waals surface area contributed by atoms with Crippen molar-refractivity contribution in [3.05, 3.63) is 23.0 Å². The van der Waals surface area contributed by atoms with Gasteiger partial charge in [-0.15, -0.1) is 0 Å². The van der Waals surface area contributed by atoms with E-state index in [4.69, 9.17) is 11.6 Å². The van der Waals surface area contributed by atoms with Crippen molar-refractivity contribution in [2.24, 2.45) is 0 Å². The van der Waals surface area contributed by atoms with Gasteiger partial charge >= 0.3 is 0 Å². The van der Waals surface area contributed by atoms with Crippen LogP contribution in [0.25, 0.3) is 0 Å². The molecule has 0 spiro atoms. The quantitative estimate of drug-likeness (QED) is 0.769. The molecule has 7 heteroatoms. The SMILES string of the molecule is CCC1C(=O)NC(=O)CN1C(=O)c1cc(Cl)c[nH]1. The number of aromatic nitrogens is 1. The minimum atomic E-state index is -0.628. The average molecular weight is 270 g/mol. The van der Waals surface area contributed by atoms with Gasteiger partial charge in [0.2, 0.25) is 11.8 Å². The Morgan fingerprint density at radius 2 is 2.28 bits per heavy atom. The number of carbonyl (C=O) groups is 3. The van der Waals surface area contributed by atoms with Crippen molar-refractivity contribution in [3.8, 4) is 0 Å². The first-order chi connectivity index (χ1) is 8.52. The van der Waals surface area contributed by atoms with Crippen LogP contribution in [0.2, 0.25) is 5.02 Å². The van der Waals surface area contributed by atoms with E-state index in [1.165, 1.54) is 17.2 Å². The number of carbonyl (C=O) groups excluding carboxylic acids is 3. The maximum Gasteiger partial charge on any atom is 0.271 e. The van der Waals surface area contributed by atoms with Crippen LogP contribution >= 0.6 is 11.6 Å². The molecule has 1 aliphatic heterocycles. The number of nitrogens with one attached hydrogen (secondary N) is 2. The molecule has 96 valence electrons. The Morgan fingerprint density at radius 3 is 2.83 bits per heavy atom. The highest BCUT2D eigenvalue weighted by molar-refractivity contribution is 6.31. The zero-order valence-electron chi connectivity index (χ0n) is 9.70. The summed E-state index contributed by atoms with van der Waals surface area (Å²) in [4.78, 5) is 39.1. The van der Waals surface area contributed by atoms with Gasteiger partial charge in [0, 0.05) is 6.20 Å². The Hall–Kier alpha value is -1.82. The van der Waals surface area contributed by atoms with Crippen molar-refractivity contribution in [2.75, 3.05) is 6.54 Å². The van der Waals surface area contributed by atoms with E-state index in [2.05, 4.69) is 10.3 Å². The predicted molar refractivity (Wildman–Crippen MR) is 64.1 cm³/mol. The first-order valence-corrected chi connectivity index (χ1v) is 5.89. The number of halogens is 1. The summed E-state index contributed by atoms with van der Waals surface area (Å²) in [5.74, 6) is -1.33. The largest absolute Gasteiger partial charge is 0.356 e. The molecule has 1 aromatic rings. The molecule has 3 amide bonds. The zero-order valence-corrected chi connectivity index (χ0v) is 10.5. The standard InChI is InChI=1S/C11H12ClN3O3/c1-2-8-10(17)14-9(16)5-15(8)11(18)7-3-6(12)4-13-7/h3-4,8,13H,2,5H2,1H3,(H,14,16,17). The maximum atomic E-state index is 12.2. The van der Waals surface area contributed by atoms with E-state index in [0.29, 0.717) is 11.4 Å². The topological polar surface area (TPSA) is 82.3 Å². The van der Waals surface area contributed by atoms with E-state index in [1.54, 1.807) is 6.92 Å². The van der Waals surface area contributed by atoms with Crippen LogP contribution < -0.4 is 5.32 Å². The van der Waals surface area contributed by atoms with Crippen LogP contribution in [0, 0.1) is 0 Å². The van der Waals surface area contributed by atoms with Gasteiger partial charge in [0.05, 0.1) is 5.02 Å². The van der Waals surface area contributed by atoms with Crippen LogP contribution in [-0.4, -0.2) is 40.2 Å². The highest BCUT2D eigenvalue weighted by Gasteiger charge is 2.36. The van der Waals surface area contributed by atoms with Gasteiger partial charge in [-0.2, -0.15) is 0 Å². The van der Waals surface area contributed by atoms with Gasteiger partial charge in [-0.1, -0.05) is 18.5 Å². The zero-order chi connectivity index (χ0) is 13.3. The van der Waals surface area contributed by atoms with E-state index in [9.17, 15) is 14.4 Å². The van der Waals surface area contributed by atoms with Crippen molar-refractivity contribution < 1.29 is 14.4 Å². The number of hydrogen-bond acceptors (Lipinski definition) is 3. The summed E-state index contributed by atoms with van der Waals surface area (Å²) in [5.41, 5.74) is 0.265.